The van der Waals surface area contributed by atoms with Gasteiger partial charge in [0.1, 0.15) is 0 Å². The summed E-state index contributed by atoms with van der Waals surface area (Å²) in [6.45, 7) is 1.83. The Bertz CT molecular complexity index is 716. The monoisotopic (exact) mass is 343 g/mol. The third kappa shape index (κ3) is 4.48. The van der Waals surface area contributed by atoms with E-state index in [0.29, 0.717) is 19.7 Å². The minimum absolute atomic E-state index is 0.0702. The molecule has 1 saturated heterocycles. The molecule has 2 heterocycles. The van der Waals surface area contributed by atoms with Gasteiger partial charge in [-0.25, -0.2) is 4.79 Å². The van der Waals surface area contributed by atoms with Crippen LogP contribution < -0.4 is 0 Å². The number of aromatic carboxylic acids is 1. The number of nitrogens with zero attached hydrogens (tertiary/aromatic N) is 1. The Morgan fingerprint density at radius 2 is 1.76 bits per heavy atom. The molecule has 6 heteroatoms. The van der Waals surface area contributed by atoms with Gasteiger partial charge in [-0.3, -0.25) is 4.79 Å². The van der Waals surface area contributed by atoms with Gasteiger partial charge in [0.15, 0.2) is 5.76 Å². The van der Waals surface area contributed by atoms with Crippen molar-refractivity contribution < 1.29 is 23.8 Å². The van der Waals surface area contributed by atoms with Gasteiger partial charge in [-0.2, -0.15) is 0 Å². The van der Waals surface area contributed by atoms with Crippen molar-refractivity contribution in [2.24, 2.45) is 0 Å². The van der Waals surface area contributed by atoms with E-state index >= 15 is 0 Å². The van der Waals surface area contributed by atoms with Gasteiger partial charge in [0.25, 0.3) is 5.91 Å². The molecule has 0 atom stereocenters. The van der Waals surface area contributed by atoms with Crippen LogP contribution in [0.15, 0.2) is 46.9 Å². The highest BCUT2D eigenvalue weighted by Gasteiger charge is 2.26. The molecule has 1 amide bonds. The fourth-order valence-corrected chi connectivity index (χ4v) is 2.94. The molecule has 2 aromatic rings. The lowest BCUT2D eigenvalue weighted by molar-refractivity contribution is 0.00917. The minimum atomic E-state index is -1.18. The molecule has 0 bridgehead atoms. The Hall–Kier alpha value is -2.60. The Morgan fingerprint density at radius 3 is 2.40 bits per heavy atom. The van der Waals surface area contributed by atoms with E-state index in [1.807, 2.05) is 18.2 Å². The summed E-state index contributed by atoms with van der Waals surface area (Å²) in [6, 6.07) is 12.9. The highest BCUT2D eigenvalue weighted by Crippen LogP contribution is 2.18. The highest BCUT2D eigenvalue weighted by molar-refractivity contribution is 5.93. The summed E-state index contributed by atoms with van der Waals surface area (Å²) < 4.78 is 11.0. The first-order chi connectivity index (χ1) is 12.1. The predicted molar refractivity (Wildman–Crippen MR) is 90.7 cm³/mol. The van der Waals surface area contributed by atoms with Crippen LogP contribution in [0.25, 0.3) is 0 Å². The van der Waals surface area contributed by atoms with Crippen LogP contribution in [0.5, 0.6) is 0 Å². The molecule has 0 unspecified atom stereocenters. The zero-order chi connectivity index (χ0) is 17.6. The lowest BCUT2D eigenvalue weighted by Gasteiger charge is -2.31. The number of hydrogen-bond acceptors (Lipinski definition) is 4. The normalized spacial score (nSPS) is 15.3. The molecule has 0 spiro atoms. The molecule has 0 aliphatic carbocycles. The molecule has 1 fully saturated rings. The van der Waals surface area contributed by atoms with E-state index in [-0.39, 0.29) is 23.5 Å². The molecule has 6 nitrogen and oxygen atoms in total. The van der Waals surface area contributed by atoms with Gasteiger partial charge in [-0.1, -0.05) is 30.3 Å². The van der Waals surface area contributed by atoms with Crippen molar-refractivity contribution in [3.63, 3.8) is 0 Å². The van der Waals surface area contributed by atoms with E-state index in [1.165, 1.54) is 17.7 Å². The number of amides is 1. The van der Waals surface area contributed by atoms with Crippen LogP contribution in [0.3, 0.4) is 0 Å². The number of carboxylic acid groups (broad SMARTS) is 1. The van der Waals surface area contributed by atoms with E-state index in [1.54, 1.807) is 4.90 Å². The summed E-state index contributed by atoms with van der Waals surface area (Å²) >= 11 is 0. The number of rotatable bonds is 6. The number of ether oxygens (including phenoxy) is 1. The largest absolute Gasteiger partial charge is 0.475 e. The van der Waals surface area contributed by atoms with Crippen LogP contribution >= 0.6 is 0 Å². The van der Waals surface area contributed by atoms with E-state index in [0.717, 1.165) is 19.3 Å². The number of benzene rings is 1. The quantitative estimate of drug-likeness (QED) is 0.872. The van der Waals surface area contributed by atoms with Crippen molar-refractivity contribution in [2.75, 3.05) is 19.7 Å². The van der Waals surface area contributed by atoms with Crippen LogP contribution in [0.1, 0.15) is 39.5 Å². The molecular formula is C19H21NO5. The Labute approximate surface area is 146 Å². The summed E-state index contributed by atoms with van der Waals surface area (Å²) in [4.78, 5) is 24.8. The second-order valence-electron chi connectivity index (χ2n) is 6.07. The van der Waals surface area contributed by atoms with Crippen LogP contribution in [0.2, 0.25) is 0 Å². The lowest BCUT2D eigenvalue weighted by Crippen LogP contribution is -2.40. The van der Waals surface area contributed by atoms with E-state index < -0.39 is 5.97 Å². The molecule has 1 aromatic heterocycles. The first-order valence-corrected chi connectivity index (χ1v) is 8.41. The molecule has 3 rings (SSSR count). The zero-order valence-corrected chi connectivity index (χ0v) is 13.9. The maximum Gasteiger partial charge on any atom is 0.371 e. The summed E-state index contributed by atoms with van der Waals surface area (Å²) in [6.07, 6.45) is 2.57. The molecule has 1 aliphatic rings. The molecular weight excluding hydrogens is 322 g/mol. The molecule has 1 aliphatic heterocycles. The summed E-state index contributed by atoms with van der Waals surface area (Å²) in [5, 5.41) is 8.85. The Kier molecular flexibility index (Phi) is 5.50. The number of likely N-dealkylation sites (tertiary alicyclic amines) is 1. The second kappa shape index (κ2) is 7.98. The van der Waals surface area contributed by atoms with Crippen molar-refractivity contribution in [1.82, 2.24) is 4.90 Å². The first kappa shape index (κ1) is 17.2. The van der Waals surface area contributed by atoms with Crippen LogP contribution in [-0.2, 0) is 11.2 Å². The average Bonchev–Trinajstić information content (AvgIpc) is 3.13. The molecule has 25 heavy (non-hydrogen) atoms. The molecule has 1 aromatic carbocycles. The lowest BCUT2D eigenvalue weighted by atomic mass is 10.1. The summed E-state index contributed by atoms with van der Waals surface area (Å²) in [5.41, 5.74) is 1.25. The van der Waals surface area contributed by atoms with Gasteiger partial charge in [0, 0.05) is 13.1 Å². The number of hydrogen-bond donors (Lipinski definition) is 1. The van der Waals surface area contributed by atoms with Gasteiger partial charge in [-0.05, 0) is 37.0 Å². The van der Waals surface area contributed by atoms with Gasteiger partial charge < -0.3 is 19.2 Å². The Morgan fingerprint density at radius 1 is 1.08 bits per heavy atom. The highest BCUT2D eigenvalue weighted by atomic mass is 16.5. The number of piperidine rings is 1. The standard InChI is InChI=1S/C19H21NO5/c21-18(16-6-7-17(25-16)19(22)23)20-11-8-15(9-12-20)24-13-10-14-4-2-1-3-5-14/h1-7,15H,8-13H2,(H,22,23). The topological polar surface area (TPSA) is 80.0 Å². The smallest absolute Gasteiger partial charge is 0.371 e. The number of carbonyl (C=O) groups excluding carboxylic acids is 1. The summed E-state index contributed by atoms with van der Waals surface area (Å²) in [7, 11) is 0. The van der Waals surface area contributed by atoms with Gasteiger partial charge in [0.2, 0.25) is 5.76 Å². The molecule has 0 saturated carbocycles. The van der Waals surface area contributed by atoms with E-state index in [9.17, 15) is 9.59 Å². The zero-order valence-electron chi connectivity index (χ0n) is 13.9. The SMILES string of the molecule is O=C(O)c1ccc(C(=O)N2CCC(OCCc3ccccc3)CC2)o1. The van der Waals surface area contributed by atoms with E-state index in [2.05, 4.69) is 12.1 Å². The van der Waals surface area contributed by atoms with Crippen molar-refractivity contribution >= 4 is 11.9 Å². The number of furan rings is 1. The first-order valence-electron chi connectivity index (χ1n) is 8.41. The Balaban J connectivity index is 1.43. The number of carbonyl (C=O) groups is 2. The second-order valence-corrected chi connectivity index (χ2v) is 6.07. The van der Waals surface area contributed by atoms with Crippen molar-refractivity contribution in [3.05, 3.63) is 59.5 Å². The average molecular weight is 343 g/mol. The van der Waals surface area contributed by atoms with Crippen LogP contribution in [0, 0.1) is 0 Å². The molecule has 132 valence electrons. The maximum atomic E-state index is 12.3. The third-order valence-corrected chi connectivity index (χ3v) is 4.34. The van der Waals surface area contributed by atoms with Crippen molar-refractivity contribution in [2.45, 2.75) is 25.4 Å². The minimum Gasteiger partial charge on any atom is -0.475 e. The maximum absolute atomic E-state index is 12.3. The predicted octanol–water partition coefficient (Wildman–Crippen LogP) is 2.84. The van der Waals surface area contributed by atoms with Crippen LogP contribution in [0.4, 0.5) is 0 Å². The van der Waals surface area contributed by atoms with Crippen LogP contribution in [-0.4, -0.2) is 47.7 Å². The van der Waals surface area contributed by atoms with E-state index in [4.69, 9.17) is 14.3 Å². The van der Waals surface area contributed by atoms with Gasteiger partial charge >= 0.3 is 5.97 Å². The fraction of sp³-hybridized carbons (Fsp3) is 0.368. The molecule has 1 N–H and O–H groups in total. The van der Waals surface area contributed by atoms with Crippen molar-refractivity contribution in [1.29, 1.82) is 0 Å². The molecule has 0 radical (unpaired) electrons. The van der Waals surface area contributed by atoms with Crippen molar-refractivity contribution in [3.8, 4) is 0 Å². The summed E-state index contributed by atoms with van der Waals surface area (Å²) in [5.74, 6) is -1.59. The van der Waals surface area contributed by atoms with Gasteiger partial charge in [0.05, 0.1) is 12.7 Å². The fourth-order valence-electron chi connectivity index (χ4n) is 2.94. The van der Waals surface area contributed by atoms with Gasteiger partial charge in [-0.15, -0.1) is 0 Å². The number of carboxylic acids is 1. The third-order valence-electron chi connectivity index (χ3n) is 4.34.